The Morgan fingerprint density at radius 3 is 2.56 bits per heavy atom. The number of hydrogen-bond acceptors (Lipinski definition) is 4. The summed E-state index contributed by atoms with van der Waals surface area (Å²) < 4.78 is 0. The first-order valence-corrected chi connectivity index (χ1v) is 9.56. The fraction of sp³-hybridized carbons (Fsp3) is 0.619. The molecule has 0 radical (unpaired) electrons. The highest BCUT2D eigenvalue weighted by Crippen LogP contribution is 2.36. The molecule has 0 aromatic rings. The van der Waals surface area contributed by atoms with E-state index in [0.29, 0.717) is 17.7 Å². The van der Waals surface area contributed by atoms with Gasteiger partial charge in [0.25, 0.3) is 0 Å². The SMILES string of the molecule is CCCCCC1=C(NC(C)C)C(O)=C(C2C=C(C)CCC2)C(=O)C1=O. The maximum atomic E-state index is 12.8. The van der Waals surface area contributed by atoms with Crippen LogP contribution in [0.4, 0.5) is 0 Å². The van der Waals surface area contributed by atoms with Crippen molar-refractivity contribution >= 4 is 11.6 Å². The van der Waals surface area contributed by atoms with Gasteiger partial charge in [0.15, 0.2) is 0 Å². The molecule has 0 amide bonds. The molecular formula is C21H31NO3. The van der Waals surface area contributed by atoms with Gasteiger partial charge in [0.1, 0.15) is 5.76 Å². The number of rotatable bonds is 7. The number of allylic oxidation sites excluding steroid dienone is 4. The summed E-state index contributed by atoms with van der Waals surface area (Å²) >= 11 is 0. The zero-order valence-electron chi connectivity index (χ0n) is 15.9. The van der Waals surface area contributed by atoms with Crippen LogP contribution in [0.1, 0.15) is 72.6 Å². The van der Waals surface area contributed by atoms with E-state index in [1.54, 1.807) is 0 Å². The monoisotopic (exact) mass is 345 g/mol. The van der Waals surface area contributed by atoms with E-state index in [0.717, 1.165) is 38.5 Å². The topological polar surface area (TPSA) is 66.4 Å². The predicted molar refractivity (Wildman–Crippen MR) is 100 cm³/mol. The molecule has 2 aliphatic rings. The molecule has 0 saturated heterocycles. The van der Waals surface area contributed by atoms with Crippen LogP contribution >= 0.6 is 0 Å². The van der Waals surface area contributed by atoms with Crippen molar-refractivity contribution in [2.24, 2.45) is 5.92 Å². The lowest BCUT2D eigenvalue weighted by Gasteiger charge is -2.28. The highest BCUT2D eigenvalue weighted by atomic mass is 16.3. The van der Waals surface area contributed by atoms with Gasteiger partial charge in [0.05, 0.1) is 11.3 Å². The third-order valence-corrected chi connectivity index (χ3v) is 4.92. The van der Waals surface area contributed by atoms with E-state index in [-0.39, 0.29) is 23.3 Å². The van der Waals surface area contributed by atoms with Gasteiger partial charge in [0.2, 0.25) is 11.6 Å². The summed E-state index contributed by atoms with van der Waals surface area (Å²) in [6, 6.07) is 0.0733. The summed E-state index contributed by atoms with van der Waals surface area (Å²) in [5.41, 5.74) is 2.42. The Labute approximate surface area is 151 Å². The molecule has 0 heterocycles. The van der Waals surface area contributed by atoms with Gasteiger partial charge in [-0.05, 0) is 52.9 Å². The van der Waals surface area contributed by atoms with Crippen LogP contribution in [0.3, 0.4) is 0 Å². The van der Waals surface area contributed by atoms with E-state index in [4.69, 9.17) is 0 Å². The molecule has 1 atom stereocenters. The second-order valence-corrected chi connectivity index (χ2v) is 7.54. The Bertz CT molecular complexity index is 638. The average molecular weight is 345 g/mol. The van der Waals surface area contributed by atoms with Gasteiger partial charge in [-0.25, -0.2) is 0 Å². The first-order valence-electron chi connectivity index (χ1n) is 9.56. The molecule has 0 saturated carbocycles. The smallest absolute Gasteiger partial charge is 0.233 e. The molecule has 4 nitrogen and oxygen atoms in total. The van der Waals surface area contributed by atoms with Crippen molar-refractivity contribution < 1.29 is 14.7 Å². The van der Waals surface area contributed by atoms with Gasteiger partial charge in [-0.1, -0.05) is 31.4 Å². The number of unbranched alkanes of at least 4 members (excludes halogenated alkanes) is 2. The minimum Gasteiger partial charge on any atom is -0.505 e. The van der Waals surface area contributed by atoms with Crippen LogP contribution in [-0.4, -0.2) is 22.7 Å². The van der Waals surface area contributed by atoms with Crippen LogP contribution in [0, 0.1) is 5.92 Å². The van der Waals surface area contributed by atoms with E-state index in [1.807, 2.05) is 26.8 Å². The molecule has 2 aliphatic carbocycles. The number of ketones is 2. The molecule has 0 bridgehead atoms. The number of carbonyl (C=O) groups excluding carboxylic acids is 2. The number of carbonyl (C=O) groups is 2. The molecule has 2 rings (SSSR count). The second kappa shape index (κ2) is 8.50. The molecule has 0 aromatic heterocycles. The van der Waals surface area contributed by atoms with Crippen molar-refractivity contribution in [2.45, 2.75) is 78.7 Å². The molecule has 2 N–H and O–H groups in total. The number of Topliss-reactive ketones (excluding diaryl/α,β-unsaturated/α-hetero) is 2. The quantitative estimate of drug-likeness (QED) is 0.308. The minimum atomic E-state index is -0.519. The van der Waals surface area contributed by atoms with Gasteiger partial charge in [-0.3, -0.25) is 9.59 Å². The largest absolute Gasteiger partial charge is 0.505 e. The Balaban J connectivity index is 2.47. The predicted octanol–water partition coefficient (Wildman–Crippen LogP) is 4.53. The highest BCUT2D eigenvalue weighted by molar-refractivity contribution is 6.50. The van der Waals surface area contributed by atoms with E-state index in [2.05, 4.69) is 12.2 Å². The summed E-state index contributed by atoms with van der Waals surface area (Å²) in [6.45, 7) is 8.07. The third kappa shape index (κ3) is 4.42. The molecule has 0 aromatic carbocycles. The zero-order chi connectivity index (χ0) is 18.6. The van der Waals surface area contributed by atoms with Crippen molar-refractivity contribution in [3.8, 4) is 0 Å². The normalized spacial score (nSPS) is 22.0. The highest BCUT2D eigenvalue weighted by Gasteiger charge is 2.38. The van der Waals surface area contributed by atoms with Crippen LogP contribution in [-0.2, 0) is 9.59 Å². The lowest BCUT2D eigenvalue weighted by atomic mass is 9.78. The molecule has 25 heavy (non-hydrogen) atoms. The van der Waals surface area contributed by atoms with Crippen molar-refractivity contribution in [3.05, 3.63) is 34.3 Å². The molecule has 0 spiro atoms. The van der Waals surface area contributed by atoms with Crippen molar-refractivity contribution in [3.63, 3.8) is 0 Å². The number of nitrogens with one attached hydrogen (secondary N) is 1. The maximum absolute atomic E-state index is 12.8. The summed E-state index contributed by atoms with van der Waals surface area (Å²) in [4.78, 5) is 25.5. The van der Waals surface area contributed by atoms with Gasteiger partial charge >= 0.3 is 0 Å². The second-order valence-electron chi connectivity index (χ2n) is 7.54. The number of aliphatic hydroxyl groups excluding tert-OH is 1. The molecule has 138 valence electrons. The fourth-order valence-corrected chi connectivity index (χ4v) is 3.68. The Morgan fingerprint density at radius 2 is 1.96 bits per heavy atom. The Hall–Kier alpha value is -1.84. The lowest BCUT2D eigenvalue weighted by molar-refractivity contribution is -0.133. The van der Waals surface area contributed by atoms with Gasteiger partial charge in [-0.2, -0.15) is 0 Å². The van der Waals surface area contributed by atoms with E-state index in [1.165, 1.54) is 5.57 Å². The van der Waals surface area contributed by atoms with Crippen molar-refractivity contribution in [1.29, 1.82) is 0 Å². The molecule has 4 heteroatoms. The summed E-state index contributed by atoms with van der Waals surface area (Å²) in [7, 11) is 0. The fourth-order valence-electron chi connectivity index (χ4n) is 3.68. The van der Waals surface area contributed by atoms with Crippen LogP contribution < -0.4 is 5.32 Å². The molecule has 1 unspecified atom stereocenters. The summed E-state index contributed by atoms with van der Waals surface area (Å²) in [6.07, 6.45) is 8.26. The Kier molecular flexibility index (Phi) is 6.63. The molecular weight excluding hydrogens is 314 g/mol. The zero-order valence-corrected chi connectivity index (χ0v) is 15.9. The maximum Gasteiger partial charge on any atom is 0.233 e. The molecule has 0 fully saturated rings. The van der Waals surface area contributed by atoms with Gasteiger partial charge < -0.3 is 10.4 Å². The van der Waals surface area contributed by atoms with Crippen LogP contribution in [0.2, 0.25) is 0 Å². The van der Waals surface area contributed by atoms with Crippen LogP contribution in [0.15, 0.2) is 34.3 Å². The third-order valence-electron chi connectivity index (χ3n) is 4.92. The Morgan fingerprint density at radius 1 is 1.24 bits per heavy atom. The average Bonchev–Trinajstić information content (AvgIpc) is 2.55. The van der Waals surface area contributed by atoms with Gasteiger partial charge in [0, 0.05) is 17.5 Å². The first kappa shape index (κ1) is 19.5. The number of hydrogen-bond donors (Lipinski definition) is 2. The van der Waals surface area contributed by atoms with E-state index >= 15 is 0 Å². The van der Waals surface area contributed by atoms with Crippen molar-refractivity contribution in [2.75, 3.05) is 0 Å². The van der Waals surface area contributed by atoms with Crippen LogP contribution in [0.25, 0.3) is 0 Å². The van der Waals surface area contributed by atoms with E-state index < -0.39 is 11.6 Å². The minimum absolute atomic E-state index is 0.0132. The first-order chi connectivity index (χ1) is 11.9. The molecule has 0 aliphatic heterocycles. The summed E-state index contributed by atoms with van der Waals surface area (Å²) in [5.74, 6) is -1.13. The standard InChI is InChI=1S/C21H31NO3/c1-5-6-7-11-16-18(22-13(2)3)20(24)17(21(25)19(16)23)15-10-8-9-14(4)12-15/h12-13,15,22,24H,5-11H2,1-4H3. The van der Waals surface area contributed by atoms with E-state index in [9.17, 15) is 14.7 Å². The summed E-state index contributed by atoms with van der Waals surface area (Å²) in [5, 5.41) is 14.1. The number of aliphatic hydroxyl groups is 1. The van der Waals surface area contributed by atoms with Crippen LogP contribution in [0.5, 0.6) is 0 Å². The van der Waals surface area contributed by atoms with Gasteiger partial charge in [-0.15, -0.1) is 0 Å². The van der Waals surface area contributed by atoms with Crippen molar-refractivity contribution in [1.82, 2.24) is 5.32 Å². The lowest BCUT2D eigenvalue weighted by Crippen LogP contribution is -2.36.